The van der Waals surface area contributed by atoms with E-state index in [1.54, 1.807) is 48.6 Å². The van der Waals surface area contributed by atoms with E-state index in [1.165, 1.54) is 21.0 Å². The molecule has 0 aromatic carbocycles. The van der Waals surface area contributed by atoms with Crippen LogP contribution >= 0.6 is 0 Å². The molecule has 2 aliphatic rings. The number of aliphatic hydroxyl groups excluding tert-OH is 4. The van der Waals surface area contributed by atoms with E-state index in [0.717, 1.165) is 0 Å². The second-order valence-electron chi connectivity index (χ2n) is 17.1. The quantitative estimate of drug-likeness (QED) is 0.0683. The molecule has 0 aliphatic carbocycles. The van der Waals surface area contributed by atoms with Crippen molar-refractivity contribution in [3.05, 3.63) is 0 Å². The number of carboxylic acids is 1. The molecule has 15 nitrogen and oxygen atoms in total. The van der Waals surface area contributed by atoms with Crippen molar-refractivity contribution in [2.45, 2.75) is 185 Å². The zero-order chi connectivity index (χ0) is 41.0. The van der Waals surface area contributed by atoms with Gasteiger partial charge in [0, 0.05) is 50.0 Å². The Morgan fingerprint density at radius 1 is 1.04 bits per heavy atom. The van der Waals surface area contributed by atoms with Crippen LogP contribution in [0, 0.1) is 17.8 Å². The van der Waals surface area contributed by atoms with Crippen LogP contribution in [-0.4, -0.2) is 172 Å². The van der Waals surface area contributed by atoms with Crippen molar-refractivity contribution in [1.82, 2.24) is 9.80 Å². The van der Waals surface area contributed by atoms with E-state index in [9.17, 15) is 40.5 Å². The summed E-state index contributed by atoms with van der Waals surface area (Å²) in [6, 6.07) is -0.895. The van der Waals surface area contributed by atoms with Gasteiger partial charge in [0.15, 0.2) is 12.6 Å². The number of carboxylic acid groups (broad SMARTS) is 1. The van der Waals surface area contributed by atoms with Gasteiger partial charge in [-0.2, -0.15) is 0 Å². The van der Waals surface area contributed by atoms with Gasteiger partial charge in [-0.25, -0.2) is 0 Å². The maximum atomic E-state index is 12.5. The molecule has 0 spiro atoms. The van der Waals surface area contributed by atoms with Gasteiger partial charge in [-0.1, -0.05) is 27.7 Å². The number of ether oxygens (including phenoxy) is 5. The minimum Gasteiger partial charge on any atom is -0.550 e. The van der Waals surface area contributed by atoms with E-state index in [0.29, 0.717) is 13.0 Å². The molecule has 0 saturated carbocycles. The molecule has 2 saturated heterocycles. The van der Waals surface area contributed by atoms with E-state index in [4.69, 9.17) is 23.7 Å². The minimum absolute atomic E-state index is 0. The van der Waals surface area contributed by atoms with E-state index in [2.05, 4.69) is 0 Å². The Kier molecular flexibility index (Phi) is 20.5. The van der Waals surface area contributed by atoms with E-state index >= 15 is 0 Å². The van der Waals surface area contributed by atoms with Gasteiger partial charge in [0.2, 0.25) is 0 Å². The van der Waals surface area contributed by atoms with Crippen molar-refractivity contribution in [2.24, 2.45) is 17.8 Å². The number of hydrogen-bond acceptors (Lipinski definition) is 15. The zero-order valence-electron chi connectivity index (χ0n) is 35.6. The first-order valence-corrected chi connectivity index (χ1v) is 19.2. The largest absolute Gasteiger partial charge is 1.00 e. The van der Waals surface area contributed by atoms with Crippen LogP contribution in [0.5, 0.6) is 0 Å². The molecular formula is C38H73N2NaO13. The van der Waals surface area contributed by atoms with Gasteiger partial charge in [0.05, 0.1) is 41.7 Å². The fourth-order valence-electron chi connectivity index (χ4n) is 8.29. The molecule has 0 amide bonds. The summed E-state index contributed by atoms with van der Waals surface area (Å²) in [6.07, 6.45) is -8.97. The molecule has 6 N–H and O–H groups in total. The summed E-state index contributed by atoms with van der Waals surface area (Å²) < 4.78 is 30.8. The van der Waals surface area contributed by atoms with E-state index in [1.807, 2.05) is 37.7 Å². The molecule has 16 heteroatoms. The van der Waals surface area contributed by atoms with Gasteiger partial charge in [-0.3, -0.25) is 0 Å². The van der Waals surface area contributed by atoms with Crippen molar-refractivity contribution in [2.75, 3.05) is 34.8 Å². The van der Waals surface area contributed by atoms with Crippen molar-refractivity contribution < 1.29 is 93.8 Å². The maximum absolute atomic E-state index is 12.5. The maximum Gasteiger partial charge on any atom is 1.00 e. The molecule has 0 bridgehead atoms. The van der Waals surface area contributed by atoms with Gasteiger partial charge in [0.1, 0.15) is 23.9 Å². The van der Waals surface area contributed by atoms with Crippen molar-refractivity contribution in [1.29, 1.82) is 0 Å². The van der Waals surface area contributed by atoms with Crippen molar-refractivity contribution >= 4 is 5.97 Å². The zero-order valence-corrected chi connectivity index (χ0v) is 37.6. The SMILES string of the molecule is CC[C@@H](O)[C@@](C)(O)[C@H](O)[C@@H](C)N(C)C[C@H](C)C[C@@](C)(O)[C@H](OC1OC(C)C[C@H](N(C)C)[C@@H]1O)[C@@H](C)C(O[C@H]1C[C@@](C)(OC)[C@@H](O)[C@H](C)O1)[C@@H](C)C(=O)[O-].[Na+]. The van der Waals surface area contributed by atoms with E-state index < -0.39 is 96.0 Å². The van der Waals surface area contributed by atoms with Crippen molar-refractivity contribution in [3.8, 4) is 0 Å². The van der Waals surface area contributed by atoms with Gasteiger partial charge >= 0.3 is 29.6 Å². The summed E-state index contributed by atoms with van der Waals surface area (Å²) in [5, 5.41) is 79.4. The Morgan fingerprint density at radius 2 is 1.61 bits per heavy atom. The van der Waals surface area contributed by atoms with Crippen LogP contribution in [0.1, 0.15) is 94.9 Å². The first kappa shape index (κ1) is 52.0. The Morgan fingerprint density at radius 3 is 2.11 bits per heavy atom. The topological polar surface area (TPSA) is 214 Å². The number of rotatable bonds is 20. The fourth-order valence-corrected chi connectivity index (χ4v) is 8.29. The molecule has 0 radical (unpaired) electrons. The molecule has 2 aliphatic heterocycles. The van der Waals surface area contributed by atoms with Crippen LogP contribution in [0.25, 0.3) is 0 Å². The average molecular weight is 789 g/mol. The molecule has 2 fully saturated rings. The fraction of sp³-hybridized carbons (Fsp3) is 0.974. The van der Waals surface area contributed by atoms with Gasteiger partial charge in [0.25, 0.3) is 0 Å². The number of aliphatic carboxylic acids is 1. The molecule has 2 rings (SSSR count). The Balaban J connectivity index is 0.0000146. The Hall–Kier alpha value is -0.0500. The first-order valence-electron chi connectivity index (χ1n) is 19.2. The predicted octanol–water partition coefficient (Wildman–Crippen LogP) is -2.91. The first-order chi connectivity index (χ1) is 24.2. The predicted molar refractivity (Wildman–Crippen MR) is 195 cm³/mol. The average Bonchev–Trinajstić information content (AvgIpc) is 3.07. The number of likely N-dealkylation sites (N-methyl/N-ethyl adjacent to an activating group) is 2. The summed E-state index contributed by atoms with van der Waals surface area (Å²) >= 11 is 0. The molecule has 18 atom stereocenters. The van der Waals surface area contributed by atoms with Crippen LogP contribution in [0.2, 0.25) is 0 Å². The Labute approximate surface area is 345 Å². The summed E-state index contributed by atoms with van der Waals surface area (Å²) in [6.45, 7) is 17.1. The minimum atomic E-state index is -1.75. The number of carbonyl (C=O) groups is 1. The third-order valence-corrected chi connectivity index (χ3v) is 12.0. The Bertz CT molecular complexity index is 1140. The second kappa shape index (κ2) is 21.3. The van der Waals surface area contributed by atoms with E-state index in [-0.39, 0.29) is 66.9 Å². The number of nitrogens with zero attached hydrogens (tertiary/aromatic N) is 2. The standard InChI is InChI=1S/C38H74N2O13.Na/c1-15-27(41)38(10,48)31(43)24(6)40(13)19-20(2)17-36(8,47)33(53-35-29(42)26(39(11)12)16-21(3)50-35)22(4)30(23(5)34(45)46)52-28-18-37(9,49-14)32(44)25(7)51-28;/h20-33,35,41-44,47-48H,15-19H2,1-14H3,(H,45,46);/q;+1/p-1/t20-,21?,22+,23-,24-,25+,26+,27-,28+,29+,30?,31-,32+,33-,35?,36-,37-,38-;/m1./s1. The second-order valence-corrected chi connectivity index (χ2v) is 17.1. The number of hydrogen-bond donors (Lipinski definition) is 6. The molecule has 3 unspecified atom stereocenters. The monoisotopic (exact) mass is 789 g/mol. The molecule has 314 valence electrons. The van der Waals surface area contributed by atoms with Crippen molar-refractivity contribution in [3.63, 3.8) is 0 Å². The van der Waals surface area contributed by atoms with Crippen LogP contribution in [0.3, 0.4) is 0 Å². The van der Waals surface area contributed by atoms with Gasteiger partial charge in [-0.15, -0.1) is 0 Å². The van der Waals surface area contributed by atoms with Gasteiger partial charge in [-0.05, 0) is 87.9 Å². The van der Waals surface area contributed by atoms with Crippen LogP contribution in [-0.2, 0) is 28.5 Å². The molecule has 54 heavy (non-hydrogen) atoms. The normalized spacial score (nSPS) is 34.7. The number of carbonyl (C=O) groups excluding carboxylic acids is 1. The number of aliphatic hydroxyl groups is 6. The summed E-state index contributed by atoms with van der Waals surface area (Å²) in [5.74, 6) is -3.71. The summed E-state index contributed by atoms with van der Waals surface area (Å²) in [5.41, 5.74) is -4.47. The smallest absolute Gasteiger partial charge is 0.550 e. The van der Waals surface area contributed by atoms with Crippen LogP contribution in [0.4, 0.5) is 0 Å². The summed E-state index contributed by atoms with van der Waals surface area (Å²) in [7, 11) is 6.94. The van der Waals surface area contributed by atoms with Crippen LogP contribution in [0.15, 0.2) is 0 Å². The molecule has 0 aromatic rings. The summed E-state index contributed by atoms with van der Waals surface area (Å²) in [4.78, 5) is 16.2. The number of methoxy groups -OCH3 is 1. The van der Waals surface area contributed by atoms with Crippen LogP contribution < -0.4 is 34.7 Å². The third-order valence-electron chi connectivity index (χ3n) is 12.0. The molecule has 2 heterocycles. The van der Waals surface area contributed by atoms with Gasteiger partial charge < -0.3 is 74.0 Å². The molecular weight excluding hydrogens is 715 g/mol. The molecule has 0 aromatic heterocycles. The third kappa shape index (κ3) is 12.7.